The van der Waals surface area contributed by atoms with Crippen LogP contribution in [0.15, 0.2) is 18.2 Å². The van der Waals surface area contributed by atoms with Gasteiger partial charge in [0.2, 0.25) is 0 Å². The van der Waals surface area contributed by atoms with Crippen LogP contribution in [-0.2, 0) is 0 Å². The number of hydrogen-bond donors (Lipinski definition) is 1. The maximum absolute atomic E-state index is 4.18. The summed E-state index contributed by atoms with van der Waals surface area (Å²) in [4.78, 5) is 0. The zero-order valence-electron chi connectivity index (χ0n) is 9.09. The van der Waals surface area contributed by atoms with E-state index in [-0.39, 0.29) is 0 Å². The molecule has 0 bridgehead atoms. The highest BCUT2D eigenvalue weighted by Gasteiger charge is 2.13. The van der Waals surface area contributed by atoms with Crippen molar-refractivity contribution in [3.8, 4) is 0 Å². The molecule has 0 heterocycles. The van der Waals surface area contributed by atoms with Gasteiger partial charge < -0.3 is 5.73 Å². The van der Waals surface area contributed by atoms with Gasteiger partial charge in [-0.25, -0.2) is 0 Å². The Kier molecular flexibility index (Phi) is 3.10. The van der Waals surface area contributed by atoms with Gasteiger partial charge in [-0.05, 0) is 31.0 Å². The Morgan fingerprint density at radius 1 is 1.08 bits per heavy atom. The van der Waals surface area contributed by atoms with Crippen LogP contribution in [0.2, 0.25) is 0 Å². The number of aryl methyl sites for hydroxylation is 2. The first-order valence-electron chi connectivity index (χ1n) is 4.92. The van der Waals surface area contributed by atoms with Crippen LogP contribution in [0.1, 0.15) is 36.6 Å². The van der Waals surface area contributed by atoms with Gasteiger partial charge in [0.25, 0.3) is 0 Å². The van der Waals surface area contributed by atoms with E-state index in [4.69, 9.17) is 0 Å². The minimum Gasteiger partial charge on any atom is -0.351 e. The van der Waals surface area contributed by atoms with Gasteiger partial charge in [-0.2, -0.15) is 0 Å². The molecule has 1 aromatic rings. The van der Waals surface area contributed by atoms with Crippen LogP contribution in [0.5, 0.6) is 0 Å². The van der Waals surface area contributed by atoms with Crippen molar-refractivity contribution in [2.75, 3.05) is 0 Å². The van der Waals surface area contributed by atoms with Crippen LogP contribution >= 0.6 is 0 Å². The minimum absolute atomic E-state index is 0.416. The third-order valence-electron chi connectivity index (χ3n) is 2.76. The van der Waals surface area contributed by atoms with E-state index in [1.54, 1.807) is 0 Å². The SMILES string of the molecule is Cc1ccc(C([NH3+])C(C)C)cc1C. The summed E-state index contributed by atoms with van der Waals surface area (Å²) < 4.78 is 0. The summed E-state index contributed by atoms with van der Waals surface area (Å²) in [6.45, 7) is 8.73. The molecule has 0 aliphatic carbocycles. The van der Waals surface area contributed by atoms with Crippen LogP contribution in [0, 0.1) is 19.8 Å². The molecule has 0 spiro atoms. The Hall–Kier alpha value is -0.820. The quantitative estimate of drug-likeness (QED) is 0.719. The van der Waals surface area contributed by atoms with Gasteiger partial charge in [0.15, 0.2) is 0 Å². The largest absolute Gasteiger partial charge is 0.351 e. The molecule has 3 N–H and O–H groups in total. The lowest BCUT2D eigenvalue weighted by molar-refractivity contribution is -0.438. The highest BCUT2D eigenvalue weighted by molar-refractivity contribution is 5.31. The molecule has 1 atom stereocenters. The average Bonchev–Trinajstić information content (AvgIpc) is 2.08. The fourth-order valence-electron chi connectivity index (χ4n) is 1.38. The number of rotatable bonds is 2. The van der Waals surface area contributed by atoms with E-state index >= 15 is 0 Å². The molecule has 0 saturated carbocycles. The van der Waals surface area contributed by atoms with E-state index in [1.807, 2.05) is 0 Å². The summed E-state index contributed by atoms with van der Waals surface area (Å²) in [6, 6.07) is 7.05. The van der Waals surface area contributed by atoms with E-state index in [0.717, 1.165) is 0 Å². The lowest BCUT2D eigenvalue weighted by Gasteiger charge is -2.13. The van der Waals surface area contributed by atoms with E-state index in [0.29, 0.717) is 12.0 Å². The van der Waals surface area contributed by atoms with E-state index < -0.39 is 0 Å². The van der Waals surface area contributed by atoms with Crippen LogP contribution in [0.4, 0.5) is 0 Å². The third-order valence-corrected chi connectivity index (χ3v) is 2.76. The molecule has 0 amide bonds. The second-order valence-corrected chi connectivity index (χ2v) is 4.19. The molecule has 0 saturated heterocycles. The average molecular weight is 178 g/mol. The minimum atomic E-state index is 0.416. The summed E-state index contributed by atoms with van der Waals surface area (Å²) in [5.41, 5.74) is 8.27. The molecule has 1 rings (SSSR count). The second-order valence-electron chi connectivity index (χ2n) is 4.19. The van der Waals surface area contributed by atoms with Gasteiger partial charge in [0.1, 0.15) is 6.04 Å². The fraction of sp³-hybridized carbons (Fsp3) is 0.500. The Bertz CT molecular complexity index is 289. The standard InChI is InChI=1S/C12H19N/c1-8(2)12(13)11-6-5-9(3)10(4)7-11/h5-8,12H,13H2,1-4H3/p+1. The predicted molar refractivity (Wildman–Crippen MR) is 56.4 cm³/mol. The normalized spacial score (nSPS) is 13.4. The van der Waals surface area contributed by atoms with Crippen LogP contribution in [-0.4, -0.2) is 0 Å². The van der Waals surface area contributed by atoms with Crippen LogP contribution in [0.25, 0.3) is 0 Å². The predicted octanol–water partition coefficient (Wildman–Crippen LogP) is 2.24. The van der Waals surface area contributed by atoms with Crippen molar-refractivity contribution in [1.29, 1.82) is 0 Å². The lowest BCUT2D eigenvalue weighted by Crippen LogP contribution is -2.55. The monoisotopic (exact) mass is 178 g/mol. The van der Waals surface area contributed by atoms with E-state index in [9.17, 15) is 0 Å². The highest BCUT2D eigenvalue weighted by Crippen LogP contribution is 2.19. The maximum atomic E-state index is 4.18. The van der Waals surface area contributed by atoms with Gasteiger partial charge in [-0.1, -0.05) is 26.0 Å². The molecule has 0 aliphatic heterocycles. The van der Waals surface area contributed by atoms with Gasteiger partial charge in [0.05, 0.1) is 0 Å². The molecule has 1 heteroatoms. The molecule has 0 fully saturated rings. The van der Waals surface area contributed by atoms with Gasteiger partial charge in [-0.3, -0.25) is 0 Å². The van der Waals surface area contributed by atoms with Crippen molar-refractivity contribution >= 4 is 0 Å². The fourth-order valence-corrected chi connectivity index (χ4v) is 1.38. The molecule has 0 aromatic heterocycles. The molecular formula is C12H20N+. The van der Waals surface area contributed by atoms with Crippen molar-refractivity contribution in [3.63, 3.8) is 0 Å². The maximum Gasteiger partial charge on any atom is 0.112 e. The smallest absolute Gasteiger partial charge is 0.112 e. The Labute approximate surface area is 81.0 Å². The van der Waals surface area contributed by atoms with Crippen molar-refractivity contribution in [2.45, 2.75) is 33.7 Å². The molecular weight excluding hydrogens is 158 g/mol. The molecule has 0 radical (unpaired) electrons. The van der Waals surface area contributed by atoms with Crippen molar-refractivity contribution < 1.29 is 5.73 Å². The summed E-state index contributed by atoms with van der Waals surface area (Å²) in [7, 11) is 0. The Morgan fingerprint density at radius 3 is 2.15 bits per heavy atom. The van der Waals surface area contributed by atoms with Gasteiger partial charge >= 0.3 is 0 Å². The summed E-state index contributed by atoms with van der Waals surface area (Å²) >= 11 is 0. The van der Waals surface area contributed by atoms with Crippen LogP contribution in [0.3, 0.4) is 0 Å². The molecule has 72 valence electrons. The second kappa shape index (κ2) is 3.93. The van der Waals surface area contributed by atoms with E-state index in [1.165, 1.54) is 16.7 Å². The van der Waals surface area contributed by atoms with Crippen LogP contribution < -0.4 is 5.73 Å². The number of benzene rings is 1. The first-order chi connectivity index (χ1) is 6.02. The number of quaternary nitrogens is 1. The van der Waals surface area contributed by atoms with Gasteiger partial charge in [-0.15, -0.1) is 0 Å². The molecule has 1 nitrogen and oxygen atoms in total. The van der Waals surface area contributed by atoms with Gasteiger partial charge in [0, 0.05) is 11.5 Å². The van der Waals surface area contributed by atoms with Crippen molar-refractivity contribution in [2.24, 2.45) is 5.92 Å². The van der Waals surface area contributed by atoms with Crippen molar-refractivity contribution in [1.82, 2.24) is 0 Å². The highest BCUT2D eigenvalue weighted by atomic mass is 14.6. The summed E-state index contributed by atoms with van der Waals surface area (Å²) in [6.07, 6.45) is 0. The lowest BCUT2D eigenvalue weighted by atomic mass is 9.94. The Balaban J connectivity index is 2.97. The van der Waals surface area contributed by atoms with E-state index in [2.05, 4.69) is 51.6 Å². The molecule has 13 heavy (non-hydrogen) atoms. The number of hydrogen-bond acceptors (Lipinski definition) is 0. The molecule has 1 unspecified atom stereocenters. The first kappa shape index (κ1) is 10.3. The molecule has 0 aliphatic rings. The molecule has 1 aromatic carbocycles. The van der Waals surface area contributed by atoms with Crippen molar-refractivity contribution in [3.05, 3.63) is 34.9 Å². The topological polar surface area (TPSA) is 27.6 Å². The first-order valence-corrected chi connectivity index (χ1v) is 4.92. The zero-order valence-corrected chi connectivity index (χ0v) is 9.09. The Morgan fingerprint density at radius 2 is 1.69 bits per heavy atom. The summed E-state index contributed by atoms with van der Waals surface area (Å²) in [5, 5.41) is 0. The summed E-state index contributed by atoms with van der Waals surface area (Å²) in [5.74, 6) is 0.613. The zero-order chi connectivity index (χ0) is 10.0. The third kappa shape index (κ3) is 2.31.